The molecule has 0 saturated heterocycles. The van der Waals surface area contributed by atoms with Gasteiger partial charge in [-0.15, -0.1) is 0 Å². The summed E-state index contributed by atoms with van der Waals surface area (Å²) in [4.78, 5) is 0. The average molecular weight is 273 g/mol. The lowest BCUT2D eigenvalue weighted by Gasteiger charge is -2.21. The molecule has 15 heavy (non-hydrogen) atoms. The molecule has 1 rings (SSSR count). The second-order valence-electron chi connectivity index (χ2n) is 4.07. The molecule has 1 unspecified atom stereocenters. The molecular formula is C12H17BrO2. The van der Waals surface area contributed by atoms with E-state index in [0.717, 1.165) is 10.2 Å². The predicted molar refractivity (Wildman–Crippen MR) is 65.3 cm³/mol. The van der Waals surface area contributed by atoms with Gasteiger partial charge in [0.1, 0.15) is 12.4 Å². The molecule has 1 atom stereocenters. The van der Waals surface area contributed by atoms with Crippen molar-refractivity contribution in [3.05, 3.63) is 28.2 Å². The van der Waals surface area contributed by atoms with E-state index in [1.165, 1.54) is 5.56 Å². The molecule has 2 nitrogen and oxygen atoms in total. The summed E-state index contributed by atoms with van der Waals surface area (Å²) in [5.41, 5.74) is 0.418. The molecule has 0 bridgehead atoms. The van der Waals surface area contributed by atoms with E-state index in [-0.39, 0.29) is 0 Å². The van der Waals surface area contributed by atoms with Crippen LogP contribution in [-0.4, -0.2) is 17.3 Å². The van der Waals surface area contributed by atoms with Gasteiger partial charge in [-0.3, -0.25) is 0 Å². The van der Waals surface area contributed by atoms with E-state index in [0.29, 0.717) is 13.0 Å². The molecule has 3 heteroatoms. The zero-order valence-corrected chi connectivity index (χ0v) is 11.0. The van der Waals surface area contributed by atoms with Gasteiger partial charge in [-0.2, -0.15) is 0 Å². The highest BCUT2D eigenvalue weighted by Gasteiger charge is 2.18. The van der Waals surface area contributed by atoms with Crippen molar-refractivity contribution >= 4 is 15.9 Å². The van der Waals surface area contributed by atoms with Crippen LogP contribution in [0.4, 0.5) is 0 Å². The van der Waals surface area contributed by atoms with Crippen molar-refractivity contribution in [2.75, 3.05) is 6.61 Å². The van der Waals surface area contributed by atoms with Crippen molar-refractivity contribution in [2.24, 2.45) is 0 Å². The zero-order chi connectivity index (χ0) is 11.5. The molecular weight excluding hydrogens is 256 g/mol. The summed E-state index contributed by atoms with van der Waals surface area (Å²) in [7, 11) is 0. The van der Waals surface area contributed by atoms with Crippen LogP contribution in [-0.2, 0) is 0 Å². The minimum atomic E-state index is -0.760. The molecule has 0 spiro atoms. The Hall–Kier alpha value is -0.540. The SMILES string of the molecule is CCC(C)(O)COc1ccc(C)cc1Br. The van der Waals surface area contributed by atoms with Gasteiger partial charge in [0.25, 0.3) is 0 Å². The Morgan fingerprint density at radius 3 is 2.67 bits per heavy atom. The number of ether oxygens (including phenoxy) is 1. The van der Waals surface area contributed by atoms with E-state index in [1.807, 2.05) is 32.0 Å². The Morgan fingerprint density at radius 2 is 2.13 bits per heavy atom. The van der Waals surface area contributed by atoms with E-state index in [4.69, 9.17) is 4.74 Å². The first-order valence-corrected chi connectivity index (χ1v) is 5.85. The van der Waals surface area contributed by atoms with Gasteiger partial charge in [0, 0.05) is 0 Å². The van der Waals surface area contributed by atoms with E-state index in [2.05, 4.69) is 15.9 Å². The largest absolute Gasteiger partial charge is 0.489 e. The van der Waals surface area contributed by atoms with Crippen LogP contribution in [0.1, 0.15) is 25.8 Å². The van der Waals surface area contributed by atoms with Gasteiger partial charge in [0.15, 0.2) is 0 Å². The maximum Gasteiger partial charge on any atom is 0.133 e. The molecule has 0 aromatic heterocycles. The Kier molecular flexibility index (Phi) is 4.17. The Labute approximate surface area is 99.4 Å². The van der Waals surface area contributed by atoms with Gasteiger partial charge in [0.05, 0.1) is 10.1 Å². The lowest BCUT2D eigenvalue weighted by molar-refractivity contribution is 0.00823. The summed E-state index contributed by atoms with van der Waals surface area (Å²) < 4.78 is 6.48. The highest BCUT2D eigenvalue weighted by Crippen LogP contribution is 2.26. The average Bonchev–Trinajstić information content (AvgIpc) is 2.16. The third kappa shape index (κ3) is 3.84. The topological polar surface area (TPSA) is 29.5 Å². The third-order valence-electron chi connectivity index (χ3n) is 2.39. The number of aliphatic hydroxyl groups is 1. The van der Waals surface area contributed by atoms with Crippen molar-refractivity contribution in [3.8, 4) is 5.75 Å². The summed E-state index contributed by atoms with van der Waals surface area (Å²) in [5, 5.41) is 9.79. The van der Waals surface area contributed by atoms with Crippen molar-refractivity contribution in [3.63, 3.8) is 0 Å². The van der Waals surface area contributed by atoms with Gasteiger partial charge in [-0.25, -0.2) is 0 Å². The molecule has 0 aliphatic rings. The molecule has 84 valence electrons. The summed E-state index contributed by atoms with van der Waals surface area (Å²) in [6.45, 7) is 6.05. The Morgan fingerprint density at radius 1 is 1.47 bits per heavy atom. The van der Waals surface area contributed by atoms with Gasteiger partial charge in [-0.1, -0.05) is 13.0 Å². The molecule has 0 radical (unpaired) electrons. The Bertz CT molecular complexity index is 334. The molecule has 0 saturated carbocycles. The highest BCUT2D eigenvalue weighted by atomic mass is 79.9. The Balaban J connectivity index is 2.66. The lowest BCUT2D eigenvalue weighted by Crippen LogP contribution is -2.31. The van der Waals surface area contributed by atoms with Crippen LogP contribution in [0.2, 0.25) is 0 Å². The van der Waals surface area contributed by atoms with Crippen LogP contribution in [0, 0.1) is 6.92 Å². The van der Waals surface area contributed by atoms with Crippen LogP contribution in [0.25, 0.3) is 0 Å². The maximum atomic E-state index is 9.79. The fourth-order valence-electron chi connectivity index (χ4n) is 1.06. The molecule has 0 aliphatic heterocycles. The quantitative estimate of drug-likeness (QED) is 0.912. The molecule has 1 N–H and O–H groups in total. The smallest absolute Gasteiger partial charge is 0.133 e. The minimum Gasteiger partial charge on any atom is -0.489 e. The number of hydrogen-bond acceptors (Lipinski definition) is 2. The third-order valence-corrected chi connectivity index (χ3v) is 3.01. The standard InChI is InChI=1S/C12H17BrO2/c1-4-12(3,14)8-15-11-6-5-9(2)7-10(11)13/h5-7,14H,4,8H2,1-3H3. The molecule has 0 heterocycles. The van der Waals surface area contributed by atoms with Crippen molar-refractivity contribution in [1.82, 2.24) is 0 Å². The maximum absolute atomic E-state index is 9.79. The van der Waals surface area contributed by atoms with Gasteiger partial charge < -0.3 is 9.84 Å². The first kappa shape index (κ1) is 12.5. The normalized spacial score (nSPS) is 14.7. The van der Waals surface area contributed by atoms with Crippen LogP contribution in [0.3, 0.4) is 0 Å². The summed E-state index contributed by atoms with van der Waals surface area (Å²) in [6.07, 6.45) is 0.677. The summed E-state index contributed by atoms with van der Waals surface area (Å²) in [5.74, 6) is 0.773. The van der Waals surface area contributed by atoms with Gasteiger partial charge >= 0.3 is 0 Å². The van der Waals surface area contributed by atoms with Crippen LogP contribution in [0.15, 0.2) is 22.7 Å². The second-order valence-corrected chi connectivity index (χ2v) is 4.93. The van der Waals surface area contributed by atoms with Crippen LogP contribution in [0.5, 0.6) is 5.75 Å². The van der Waals surface area contributed by atoms with Gasteiger partial charge in [-0.05, 0) is 53.9 Å². The monoisotopic (exact) mass is 272 g/mol. The number of hydrogen-bond donors (Lipinski definition) is 1. The van der Waals surface area contributed by atoms with Crippen LogP contribution < -0.4 is 4.74 Å². The molecule has 0 fully saturated rings. The van der Waals surface area contributed by atoms with Gasteiger partial charge in [0.2, 0.25) is 0 Å². The van der Waals surface area contributed by atoms with Crippen LogP contribution >= 0.6 is 15.9 Å². The molecule has 0 amide bonds. The molecule has 0 aliphatic carbocycles. The fourth-order valence-corrected chi connectivity index (χ4v) is 1.67. The predicted octanol–water partition coefficient (Wildman–Crippen LogP) is 3.30. The van der Waals surface area contributed by atoms with E-state index < -0.39 is 5.60 Å². The summed E-state index contributed by atoms with van der Waals surface area (Å²) in [6, 6.07) is 5.89. The van der Waals surface area contributed by atoms with E-state index in [9.17, 15) is 5.11 Å². The fraction of sp³-hybridized carbons (Fsp3) is 0.500. The van der Waals surface area contributed by atoms with E-state index >= 15 is 0 Å². The first-order chi connectivity index (χ1) is 6.94. The van der Waals surface area contributed by atoms with E-state index in [1.54, 1.807) is 6.92 Å². The second kappa shape index (κ2) is 4.99. The minimum absolute atomic E-state index is 0.311. The van der Waals surface area contributed by atoms with Crippen molar-refractivity contribution < 1.29 is 9.84 Å². The highest BCUT2D eigenvalue weighted by molar-refractivity contribution is 9.10. The summed E-state index contributed by atoms with van der Waals surface area (Å²) >= 11 is 3.43. The van der Waals surface area contributed by atoms with Crippen molar-refractivity contribution in [2.45, 2.75) is 32.8 Å². The number of aryl methyl sites for hydroxylation is 1. The first-order valence-electron chi connectivity index (χ1n) is 5.06. The number of halogens is 1. The molecule has 1 aromatic rings. The van der Waals surface area contributed by atoms with Crippen molar-refractivity contribution in [1.29, 1.82) is 0 Å². The number of rotatable bonds is 4. The molecule has 1 aromatic carbocycles. The number of benzene rings is 1. The lowest BCUT2D eigenvalue weighted by atomic mass is 10.1. The zero-order valence-electron chi connectivity index (χ0n) is 9.38.